The number of fused-ring (bicyclic) bond motifs is 5. The van der Waals surface area contributed by atoms with E-state index in [-0.39, 0.29) is 31.0 Å². The van der Waals surface area contributed by atoms with E-state index in [4.69, 9.17) is 23.2 Å². The summed E-state index contributed by atoms with van der Waals surface area (Å²) in [5, 5.41) is 20.0. The standard InChI is InChI=1S/C21H24BrCl2FO4/c1-18-8-16(23)21(24)11(10(18)3-4-20(18,29)17(28)9-26)5-14(25)12-6-15(27)13(22)7-19(12,21)2/h6-7,10-11,14,16,26,29H,3-5,8-9H2,1-2H3/t10-,11-,14?,16?,18-,19-,20-,21-/m0/s1. The van der Waals surface area contributed by atoms with Gasteiger partial charge >= 0.3 is 0 Å². The molecule has 0 amide bonds. The zero-order valence-electron chi connectivity index (χ0n) is 16.2. The molecule has 0 radical (unpaired) electrons. The van der Waals surface area contributed by atoms with Crippen LogP contribution in [0.3, 0.4) is 0 Å². The molecular weight excluding hydrogens is 486 g/mol. The van der Waals surface area contributed by atoms with E-state index >= 15 is 4.39 Å². The lowest BCUT2D eigenvalue weighted by molar-refractivity contribution is -0.162. The maximum Gasteiger partial charge on any atom is 0.192 e. The van der Waals surface area contributed by atoms with Crippen molar-refractivity contribution in [3.8, 4) is 0 Å². The SMILES string of the molecule is C[C@]12C=C(Br)C(=O)C=C1C(F)C[C@H]1[C@@H]3CC[C@](O)(C(=O)CO)[C@@]3(C)CC(Cl)[C@@]12Cl. The molecule has 0 aliphatic heterocycles. The predicted molar refractivity (Wildman–Crippen MR) is 112 cm³/mol. The van der Waals surface area contributed by atoms with E-state index in [1.54, 1.807) is 13.0 Å². The minimum absolute atomic E-state index is 0.0799. The summed E-state index contributed by atoms with van der Waals surface area (Å²) in [4.78, 5) is 23.6. The number of hydrogen-bond donors (Lipinski definition) is 2. The molecule has 8 atom stereocenters. The third kappa shape index (κ3) is 2.50. The first-order chi connectivity index (χ1) is 13.4. The van der Waals surface area contributed by atoms with Gasteiger partial charge in [-0.3, -0.25) is 9.59 Å². The number of rotatable bonds is 2. The Morgan fingerprint density at radius 3 is 2.66 bits per heavy atom. The van der Waals surface area contributed by atoms with Crippen molar-refractivity contribution < 1.29 is 24.2 Å². The molecule has 3 saturated carbocycles. The maximum atomic E-state index is 15.4. The van der Waals surface area contributed by atoms with Crippen molar-refractivity contribution in [3.63, 3.8) is 0 Å². The Morgan fingerprint density at radius 2 is 2.03 bits per heavy atom. The highest BCUT2D eigenvalue weighted by atomic mass is 79.9. The van der Waals surface area contributed by atoms with Gasteiger partial charge in [-0.25, -0.2) is 4.39 Å². The van der Waals surface area contributed by atoms with Crippen molar-refractivity contribution in [1.29, 1.82) is 0 Å². The summed E-state index contributed by atoms with van der Waals surface area (Å²) in [6, 6.07) is 0. The second-order valence-electron chi connectivity index (χ2n) is 9.41. The molecule has 2 N–H and O–H groups in total. The fraction of sp³-hybridized carbons (Fsp3) is 0.714. The van der Waals surface area contributed by atoms with Crippen molar-refractivity contribution in [2.75, 3.05) is 6.61 Å². The lowest BCUT2D eigenvalue weighted by atomic mass is 9.46. The molecule has 4 rings (SSSR count). The normalized spacial score (nSPS) is 51.5. The highest BCUT2D eigenvalue weighted by molar-refractivity contribution is 9.12. The first-order valence-electron chi connectivity index (χ1n) is 9.85. The van der Waals surface area contributed by atoms with Crippen LogP contribution in [0.5, 0.6) is 0 Å². The van der Waals surface area contributed by atoms with E-state index < -0.39 is 51.2 Å². The lowest BCUT2D eigenvalue weighted by Gasteiger charge is -2.64. The Hall–Kier alpha value is -0.270. The molecular formula is C21H24BrCl2FO4. The largest absolute Gasteiger partial charge is 0.388 e. The molecule has 0 aromatic heterocycles. The van der Waals surface area contributed by atoms with Gasteiger partial charge < -0.3 is 10.2 Å². The van der Waals surface area contributed by atoms with Gasteiger partial charge in [-0.05, 0) is 65.1 Å². The number of halogens is 4. The summed E-state index contributed by atoms with van der Waals surface area (Å²) in [5.41, 5.74) is -3.27. The van der Waals surface area contributed by atoms with Crippen LogP contribution < -0.4 is 0 Å². The molecule has 4 aliphatic rings. The van der Waals surface area contributed by atoms with E-state index in [2.05, 4.69) is 15.9 Å². The van der Waals surface area contributed by atoms with Gasteiger partial charge in [0.05, 0.1) is 14.7 Å². The molecule has 3 fully saturated rings. The predicted octanol–water partition coefficient (Wildman–Crippen LogP) is 3.84. The van der Waals surface area contributed by atoms with E-state index in [0.29, 0.717) is 16.5 Å². The Bertz CT molecular complexity index is 862. The maximum absolute atomic E-state index is 15.4. The fourth-order valence-corrected chi connectivity index (χ4v) is 8.55. The average Bonchev–Trinajstić information content (AvgIpc) is 2.91. The summed E-state index contributed by atoms with van der Waals surface area (Å²) >= 11 is 17.5. The third-order valence-corrected chi connectivity index (χ3v) is 10.6. The average molecular weight is 510 g/mol. The second kappa shape index (κ2) is 6.61. The topological polar surface area (TPSA) is 74.6 Å². The number of carbonyl (C=O) groups excluding carboxylic acids is 2. The van der Waals surface area contributed by atoms with Gasteiger partial charge in [-0.2, -0.15) is 0 Å². The minimum atomic E-state index is -1.71. The molecule has 0 aromatic rings. The van der Waals surface area contributed by atoms with Crippen molar-refractivity contribution in [2.45, 2.75) is 61.6 Å². The van der Waals surface area contributed by atoms with E-state index in [1.165, 1.54) is 6.08 Å². The van der Waals surface area contributed by atoms with Crippen LogP contribution in [0.25, 0.3) is 0 Å². The number of aliphatic hydroxyl groups is 2. The zero-order valence-corrected chi connectivity index (χ0v) is 19.3. The molecule has 29 heavy (non-hydrogen) atoms. The van der Waals surface area contributed by atoms with E-state index in [9.17, 15) is 19.8 Å². The highest BCUT2D eigenvalue weighted by Gasteiger charge is 2.74. The fourth-order valence-electron chi connectivity index (χ4n) is 6.79. The molecule has 4 nitrogen and oxygen atoms in total. The molecule has 2 unspecified atom stereocenters. The molecule has 0 bridgehead atoms. The number of aliphatic hydroxyl groups excluding tert-OH is 1. The number of hydrogen-bond acceptors (Lipinski definition) is 4. The van der Waals surface area contributed by atoms with Crippen LogP contribution in [-0.4, -0.2) is 50.4 Å². The third-order valence-electron chi connectivity index (χ3n) is 8.40. The van der Waals surface area contributed by atoms with Crippen molar-refractivity contribution >= 4 is 50.7 Å². The summed E-state index contributed by atoms with van der Waals surface area (Å²) in [5.74, 6) is -1.57. The summed E-state index contributed by atoms with van der Waals surface area (Å²) in [6.45, 7) is 2.87. The van der Waals surface area contributed by atoms with Crippen LogP contribution >= 0.6 is 39.1 Å². The number of alkyl halides is 3. The minimum Gasteiger partial charge on any atom is -0.388 e. The smallest absolute Gasteiger partial charge is 0.192 e. The van der Waals surface area contributed by atoms with Gasteiger partial charge in [0.25, 0.3) is 0 Å². The van der Waals surface area contributed by atoms with Crippen LogP contribution in [0.1, 0.15) is 39.5 Å². The monoisotopic (exact) mass is 508 g/mol. The highest BCUT2D eigenvalue weighted by Crippen LogP contribution is 2.71. The number of Topliss-reactive ketones (excluding diaryl/α,β-unsaturated/α-hetero) is 1. The van der Waals surface area contributed by atoms with Crippen LogP contribution in [0.15, 0.2) is 22.2 Å². The molecule has 0 heterocycles. The van der Waals surface area contributed by atoms with Crippen LogP contribution in [-0.2, 0) is 9.59 Å². The first-order valence-corrected chi connectivity index (χ1v) is 11.5. The second-order valence-corrected chi connectivity index (χ2v) is 11.4. The van der Waals surface area contributed by atoms with Gasteiger partial charge in [0.1, 0.15) is 18.4 Å². The molecule has 0 spiro atoms. The molecule has 8 heteroatoms. The van der Waals surface area contributed by atoms with Gasteiger partial charge in [0.2, 0.25) is 0 Å². The summed E-state index contributed by atoms with van der Waals surface area (Å²) in [6.07, 6.45) is 2.65. The van der Waals surface area contributed by atoms with Crippen molar-refractivity contribution in [2.24, 2.45) is 22.7 Å². The Morgan fingerprint density at radius 1 is 1.38 bits per heavy atom. The summed E-state index contributed by atoms with van der Waals surface area (Å²) in [7, 11) is 0. The number of allylic oxidation sites excluding steroid dienone is 4. The van der Waals surface area contributed by atoms with Crippen molar-refractivity contribution in [1.82, 2.24) is 0 Å². The van der Waals surface area contributed by atoms with Gasteiger partial charge in [0.15, 0.2) is 11.6 Å². The van der Waals surface area contributed by atoms with Gasteiger partial charge in [0, 0.05) is 10.8 Å². The molecule has 4 aliphatic carbocycles. The summed E-state index contributed by atoms with van der Waals surface area (Å²) < 4.78 is 15.7. The van der Waals surface area contributed by atoms with E-state index in [0.717, 1.165) is 0 Å². The Balaban J connectivity index is 1.86. The van der Waals surface area contributed by atoms with Crippen LogP contribution in [0.2, 0.25) is 0 Å². The first kappa shape index (κ1) is 21.9. The molecule has 0 aromatic carbocycles. The Labute approximate surface area is 187 Å². The van der Waals surface area contributed by atoms with Crippen molar-refractivity contribution in [3.05, 3.63) is 22.2 Å². The molecule has 160 valence electrons. The Kier molecular flexibility index (Phi) is 5.00. The van der Waals surface area contributed by atoms with Crippen LogP contribution in [0.4, 0.5) is 4.39 Å². The van der Waals surface area contributed by atoms with Crippen LogP contribution in [0, 0.1) is 22.7 Å². The quantitative estimate of drug-likeness (QED) is 0.554. The number of ketones is 2. The molecule has 0 saturated heterocycles. The number of carbonyl (C=O) groups is 2. The van der Waals surface area contributed by atoms with E-state index in [1.807, 2.05) is 6.92 Å². The van der Waals surface area contributed by atoms with Gasteiger partial charge in [-0.1, -0.05) is 19.9 Å². The van der Waals surface area contributed by atoms with Gasteiger partial charge in [-0.15, -0.1) is 23.2 Å². The zero-order chi connectivity index (χ0) is 21.6. The lowest BCUT2D eigenvalue weighted by Crippen LogP contribution is -2.68.